The number of likely N-dealkylation sites (N-methyl/N-ethyl adjacent to an activating group) is 1. The van der Waals surface area contributed by atoms with Gasteiger partial charge in [0.15, 0.2) is 11.5 Å². The normalized spacial score (nSPS) is 17.2. The van der Waals surface area contributed by atoms with Crippen LogP contribution in [0.15, 0.2) is 48.0 Å². The van der Waals surface area contributed by atoms with Crippen LogP contribution in [0.25, 0.3) is 5.76 Å². The van der Waals surface area contributed by atoms with Crippen LogP contribution in [0.2, 0.25) is 0 Å². The van der Waals surface area contributed by atoms with Crippen molar-refractivity contribution in [3.63, 3.8) is 0 Å². The number of nitrogens with zero attached hydrogens (tertiary/aromatic N) is 2. The van der Waals surface area contributed by atoms with Gasteiger partial charge in [0.2, 0.25) is 0 Å². The van der Waals surface area contributed by atoms with E-state index in [0.29, 0.717) is 48.1 Å². The maximum absolute atomic E-state index is 13.3. The standard InChI is InChI=1S/C27H34N2O6/c1-6-28(7-2)16-17-29-23(20-10-9-11-21(33-4)26(20)34-5)22(25(31)27(29)32)24(30)18-12-14-19(15-13-18)35-8-3/h9-15,23,30H,6-8,16-17H2,1-5H3/t23-/m0/s1. The van der Waals surface area contributed by atoms with Gasteiger partial charge < -0.3 is 29.1 Å². The van der Waals surface area contributed by atoms with Gasteiger partial charge in [0.05, 0.1) is 32.4 Å². The van der Waals surface area contributed by atoms with Gasteiger partial charge in [0, 0.05) is 24.2 Å². The first-order chi connectivity index (χ1) is 16.9. The Labute approximate surface area is 206 Å². The molecule has 0 spiro atoms. The third-order valence-corrected chi connectivity index (χ3v) is 6.26. The Morgan fingerprint density at radius 1 is 1.00 bits per heavy atom. The molecule has 0 bridgehead atoms. The lowest BCUT2D eigenvalue weighted by Crippen LogP contribution is -2.38. The molecule has 8 nitrogen and oxygen atoms in total. The van der Waals surface area contributed by atoms with Crippen LogP contribution in [-0.2, 0) is 9.59 Å². The predicted molar refractivity (Wildman–Crippen MR) is 134 cm³/mol. The van der Waals surface area contributed by atoms with Crippen molar-refractivity contribution in [2.45, 2.75) is 26.8 Å². The van der Waals surface area contributed by atoms with Gasteiger partial charge in [-0.1, -0.05) is 26.0 Å². The van der Waals surface area contributed by atoms with Gasteiger partial charge in [0.25, 0.3) is 11.7 Å². The van der Waals surface area contributed by atoms with Crippen molar-refractivity contribution in [1.29, 1.82) is 0 Å². The summed E-state index contributed by atoms with van der Waals surface area (Å²) in [6, 6.07) is 11.3. The molecule has 0 aliphatic carbocycles. The molecule has 2 aromatic carbocycles. The van der Waals surface area contributed by atoms with Crippen molar-refractivity contribution in [2.75, 3.05) is 47.0 Å². The summed E-state index contributed by atoms with van der Waals surface area (Å²) in [5.41, 5.74) is 1.01. The minimum absolute atomic E-state index is 0.0188. The van der Waals surface area contributed by atoms with Gasteiger partial charge in [-0.15, -0.1) is 0 Å². The molecule has 0 saturated carbocycles. The molecule has 1 heterocycles. The zero-order valence-corrected chi connectivity index (χ0v) is 21.0. The summed E-state index contributed by atoms with van der Waals surface area (Å²) in [7, 11) is 3.04. The molecule has 3 rings (SSSR count). The largest absolute Gasteiger partial charge is 0.507 e. The quantitative estimate of drug-likeness (QED) is 0.296. The molecule has 1 aliphatic rings. The van der Waals surface area contributed by atoms with E-state index in [1.807, 2.05) is 20.8 Å². The maximum atomic E-state index is 13.3. The van der Waals surface area contributed by atoms with Crippen LogP contribution in [0.5, 0.6) is 17.2 Å². The number of rotatable bonds is 11. The molecule has 1 N–H and O–H groups in total. The maximum Gasteiger partial charge on any atom is 0.295 e. The van der Waals surface area contributed by atoms with E-state index in [4.69, 9.17) is 14.2 Å². The Morgan fingerprint density at radius 2 is 1.69 bits per heavy atom. The Kier molecular flexibility index (Phi) is 8.76. The summed E-state index contributed by atoms with van der Waals surface area (Å²) in [5.74, 6) is -0.0978. The van der Waals surface area contributed by atoms with E-state index in [1.165, 1.54) is 19.1 Å². The number of amides is 1. The fourth-order valence-electron chi connectivity index (χ4n) is 4.38. The number of para-hydroxylation sites is 1. The Balaban J connectivity index is 2.16. The van der Waals surface area contributed by atoms with Crippen molar-refractivity contribution in [3.8, 4) is 17.2 Å². The molecular formula is C27H34N2O6. The molecule has 2 aromatic rings. The number of aliphatic hydroxyl groups excluding tert-OH is 1. The number of ether oxygens (including phenoxy) is 3. The van der Waals surface area contributed by atoms with E-state index < -0.39 is 17.7 Å². The first-order valence-electron chi connectivity index (χ1n) is 11.9. The van der Waals surface area contributed by atoms with Crippen LogP contribution in [0.1, 0.15) is 37.9 Å². The summed E-state index contributed by atoms with van der Waals surface area (Å²) >= 11 is 0. The summed E-state index contributed by atoms with van der Waals surface area (Å²) < 4.78 is 16.6. The van der Waals surface area contributed by atoms with Crippen LogP contribution in [-0.4, -0.2) is 73.6 Å². The van der Waals surface area contributed by atoms with Crippen molar-refractivity contribution in [3.05, 3.63) is 59.2 Å². The summed E-state index contributed by atoms with van der Waals surface area (Å²) in [5, 5.41) is 11.3. The number of likely N-dealkylation sites (tertiary alicyclic amines) is 1. The van der Waals surface area contributed by atoms with Gasteiger partial charge in [-0.3, -0.25) is 9.59 Å². The molecule has 0 aromatic heterocycles. The Bertz CT molecular complexity index is 1080. The second-order valence-corrected chi connectivity index (χ2v) is 8.06. The van der Waals surface area contributed by atoms with Crippen molar-refractivity contribution in [2.24, 2.45) is 0 Å². The highest BCUT2D eigenvalue weighted by Gasteiger charge is 2.47. The SMILES string of the molecule is CCOc1ccc(C(O)=C2C(=O)C(=O)N(CCN(CC)CC)[C@H]2c2cccc(OC)c2OC)cc1. The second kappa shape index (κ2) is 11.8. The number of ketones is 1. The number of hydrogen-bond acceptors (Lipinski definition) is 7. The predicted octanol–water partition coefficient (Wildman–Crippen LogP) is 3.87. The lowest BCUT2D eigenvalue weighted by molar-refractivity contribution is -0.140. The lowest BCUT2D eigenvalue weighted by Gasteiger charge is -2.29. The van der Waals surface area contributed by atoms with Crippen LogP contribution < -0.4 is 14.2 Å². The Hall–Kier alpha value is -3.52. The van der Waals surface area contributed by atoms with Gasteiger partial charge in [-0.2, -0.15) is 0 Å². The number of carbonyl (C=O) groups is 2. The molecule has 35 heavy (non-hydrogen) atoms. The summed E-state index contributed by atoms with van der Waals surface area (Å²) in [6.45, 7) is 9.04. The van der Waals surface area contributed by atoms with Crippen LogP contribution >= 0.6 is 0 Å². The topological polar surface area (TPSA) is 88.5 Å². The molecule has 1 atom stereocenters. The van der Waals surface area contributed by atoms with Gasteiger partial charge in [-0.25, -0.2) is 0 Å². The Morgan fingerprint density at radius 3 is 2.26 bits per heavy atom. The average Bonchev–Trinajstić information content (AvgIpc) is 3.13. The van der Waals surface area contributed by atoms with E-state index in [1.54, 1.807) is 42.5 Å². The van der Waals surface area contributed by atoms with E-state index in [2.05, 4.69) is 4.90 Å². The van der Waals surface area contributed by atoms with Crippen LogP contribution in [0, 0.1) is 0 Å². The highest BCUT2D eigenvalue weighted by Crippen LogP contribution is 2.45. The fourth-order valence-corrected chi connectivity index (χ4v) is 4.38. The number of carbonyl (C=O) groups excluding carboxylic acids is 2. The highest BCUT2D eigenvalue weighted by atomic mass is 16.5. The number of aliphatic hydroxyl groups is 1. The van der Waals surface area contributed by atoms with Gasteiger partial charge >= 0.3 is 0 Å². The number of hydrogen-bond donors (Lipinski definition) is 1. The third-order valence-electron chi connectivity index (χ3n) is 6.26. The first-order valence-corrected chi connectivity index (χ1v) is 11.9. The molecule has 1 aliphatic heterocycles. The van der Waals surface area contributed by atoms with E-state index >= 15 is 0 Å². The molecule has 188 valence electrons. The first kappa shape index (κ1) is 26.1. The molecular weight excluding hydrogens is 448 g/mol. The minimum atomic E-state index is -0.831. The number of Topliss-reactive ketones (excluding diaryl/α,β-unsaturated/α-hetero) is 1. The zero-order chi connectivity index (χ0) is 25.5. The molecule has 1 fully saturated rings. The highest BCUT2D eigenvalue weighted by molar-refractivity contribution is 6.46. The van der Waals surface area contributed by atoms with Gasteiger partial charge in [0.1, 0.15) is 11.5 Å². The van der Waals surface area contributed by atoms with Gasteiger partial charge in [-0.05, 0) is 50.3 Å². The molecule has 1 saturated heterocycles. The fraction of sp³-hybridized carbons (Fsp3) is 0.407. The van der Waals surface area contributed by atoms with E-state index in [0.717, 1.165) is 13.1 Å². The van der Waals surface area contributed by atoms with E-state index in [9.17, 15) is 14.7 Å². The smallest absolute Gasteiger partial charge is 0.295 e. The van der Waals surface area contributed by atoms with Crippen molar-refractivity contribution >= 4 is 17.4 Å². The zero-order valence-electron chi connectivity index (χ0n) is 21.0. The number of benzene rings is 2. The average molecular weight is 483 g/mol. The van der Waals surface area contributed by atoms with Crippen LogP contribution in [0.3, 0.4) is 0 Å². The lowest BCUT2D eigenvalue weighted by atomic mass is 9.94. The summed E-state index contributed by atoms with van der Waals surface area (Å²) in [6.07, 6.45) is 0. The van der Waals surface area contributed by atoms with Crippen LogP contribution in [0.4, 0.5) is 0 Å². The molecule has 8 heteroatoms. The number of methoxy groups -OCH3 is 2. The molecule has 1 amide bonds. The van der Waals surface area contributed by atoms with Crippen molar-refractivity contribution < 1.29 is 28.9 Å². The summed E-state index contributed by atoms with van der Waals surface area (Å²) in [4.78, 5) is 30.2. The third kappa shape index (κ3) is 5.27. The van der Waals surface area contributed by atoms with Crippen molar-refractivity contribution in [1.82, 2.24) is 9.80 Å². The minimum Gasteiger partial charge on any atom is -0.507 e. The second-order valence-electron chi connectivity index (χ2n) is 8.06. The monoisotopic (exact) mass is 482 g/mol. The molecule has 0 radical (unpaired) electrons. The molecule has 0 unspecified atom stereocenters. The van der Waals surface area contributed by atoms with E-state index in [-0.39, 0.29) is 11.3 Å².